The number of nitrogens with zero attached hydrogens (tertiary/aromatic N) is 2. The van der Waals surface area contributed by atoms with Gasteiger partial charge in [-0.15, -0.1) is 11.3 Å². The van der Waals surface area contributed by atoms with Crippen molar-refractivity contribution in [2.45, 2.75) is 46.1 Å². The number of nitrogens with one attached hydrogen (secondary N) is 1. The maximum atomic E-state index is 4.67. The van der Waals surface area contributed by atoms with Crippen LogP contribution in [0.15, 0.2) is 6.20 Å². The van der Waals surface area contributed by atoms with Gasteiger partial charge in [-0.05, 0) is 63.8 Å². The number of hydrogen-bond acceptors (Lipinski definition) is 3. The number of fused-ring (bicyclic) bond motifs is 1. The summed E-state index contributed by atoms with van der Waals surface area (Å²) in [5.41, 5.74) is 2.52. The predicted molar refractivity (Wildman–Crippen MR) is 83.2 cm³/mol. The summed E-state index contributed by atoms with van der Waals surface area (Å²) in [5.74, 6) is 3.01. The molecule has 0 unspecified atom stereocenters. The van der Waals surface area contributed by atoms with Crippen molar-refractivity contribution in [3.63, 3.8) is 0 Å². The Hall–Kier alpha value is -0.870. The molecule has 0 aromatic carbocycles. The summed E-state index contributed by atoms with van der Waals surface area (Å²) in [6, 6.07) is 0. The monoisotopic (exact) mass is 289 g/mol. The summed E-state index contributed by atoms with van der Waals surface area (Å²) < 4.78 is 2.27. The molecule has 0 spiro atoms. The first-order valence-corrected chi connectivity index (χ1v) is 8.68. The molecule has 2 aliphatic rings. The first kappa shape index (κ1) is 12.8. The van der Waals surface area contributed by atoms with Crippen molar-refractivity contribution in [1.82, 2.24) is 14.7 Å². The van der Waals surface area contributed by atoms with Gasteiger partial charge in [0.05, 0.1) is 11.4 Å². The second-order valence-corrected chi connectivity index (χ2v) is 7.82. The fourth-order valence-corrected chi connectivity index (χ4v) is 4.34. The molecule has 2 aromatic rings. The van der Waals surface area contributed by atoms with Crippen LogP contribution in [0.3, 0.4) is 0 Å². The van der Waals surface area contributed by atoms with E-state index in [9.17, 15) is 0 Å². The molecule has 108 valence electrons. The molecule has 4 heteroatoms. The second-order valence-electron chi connectivity index (χ2n) is 6.61. The van der Waals surface area contributed by atoms with E-state index in [1.807, 2.05) is 0 Å². The highest BCUT2D eigenvalue weighted by atomic mass is 32.1. The minimum absolute atomic E-state index is 0.947. The molecule has 2 heterocycles. The lowest BCUT2D eigenvalue weighted by Gasteiger charge is -2.16. The van der Waals surface area contributed by atoms with E-state index in [0.717, 1.165) is 29.3 Å². The number of aryl methyl sites for hydroxylation is 2. The SMILES string of the molecule is Cc1cn2c(CNCC(C3CC3)C3CC3)c(C)nc2s1. The lowest BCUT2D eigenvalue weighted by atomic mass is 9.98. The third kappa shape index (κ3) is 2.40. The predicted octanol–water partition coefficient (Wildman–Crippen LogP) is 3.54. The van der Waals surface area contributed by atoms with E-state index >= 15 is 0 Å². The van der Waals surface area contributed by atoms with Crippen molar-refractivity contribution >= 4 is 16.3 Å². The van der Waals surface area contributed by atoms with Gasteiger partial charge in [-0.25, -0.2) is 4.98 Å². The van der Waals surface area contributed by atoms with Gasteiger partial charge < -0.3 is 5.32 Å². The highest BCUT2D eigenvalue weighted by Gasteiger charge is 2.40. The van der Waals surface area contributed by atoms with Crippen molar-refractivity contribution in [1.29, 1.82) is 0 Å². The molecule has 2 aromatic heterocycles. The Morgan fingerprint density at radius 3 is 2.65 bits per heavy atom. The van der Waals surface area contributed by atoms with Gasteiger partial charge in [-0.1, -0.05) is 0 Å². The Labute approximate surface area is 124 Å². The minimum atomic E-state index is 0.947. The highest BCUT2D eigenvalue weighted by molar-refractivity contribution is 7.17. The molecule has 0 radical (unpaired) electrons. The standard InChI is InChI=1S/C16H23N3S/c1-10-9-19-15(11(2)18-16(19)20-10)8-17-7-14(12-3-4-12)13-5-6-13/h9,12-14,17H,3-8H2,1-2H3. The zero-order chi connectivity index (χ0) is 13.7. The van der Waals surface area contributed by atoms with Crippen LogP contribution in [0.4, 0.5) is 0 Å². The molecule has 20 heavy (non-hydrogen) atoms. The Balaban J connectivity index is 1.43. The van der Waals surface area contributed by atoms with E-state index in [2.05, 4.69) is 34.7 Å². The largest absolute Gasteiger partial charge is 0.311 e. The molecule has 3 nitrogen and oxygen atoms in total. The molecule has 4 rings (SSSR count). The van der Waals surface area contributed by atoms with Gasteiger partial charge in [-0.2, -0.15) is 0 Å². The van der Waals surface area contributed by atoms with Crippen molar-refractivity contribution < 1.29 is 0 Å². The fraction of sp³-hybridized carbons (Fsp3) is 0.688. The van der Waals surface area contributed by atoms with E-state index in [1.54, 1.807) is 11.3 Å². The smallest absolute Gasteiger partial charge is 0.194 e. The van der Waals surface area contributed by atoms with Gasteiger partial charge >= 0.3 is 0 Å². The van der Waals surface area contributed by atoms with Crippen molar-refractivity contribution in [3.8, 4) is 0 Å². The second kappa shape index (κ2) is 4.85. The average Bonchev–Trinajstić information content (AvgIpc) is 3.30. The van der Waals surface area contributed by atoms with Crippen LogP contribution in [-0.4, -0.2) is 15.9 Å². The van der Waals surface area contributed by atoms with Crippen LogP contribution in [0.1, 0.15) is 41.9 Å². The maximum absolute atomic E-state index is 4.67. The van der Waals surface area contributed by atoms with Gasteiger partial charge in [0, 0.05) is 17.6 Å². The number of hydrogen-bond donors (Lipinski definition) is 1. The van der Waals surface area contributed by atoms with Crippen molar-refractivity contribution in [2.75, 3.05) is 6.54 Å². The maximum Gasteiger partial charge on any atom is 0.194 e. The molecule has 0 aliphatic heterocycles. The number of aromatic nitrogens is 2. The lowest BCUT2D eigenvalue weighted by molar-refractivity contribution is 0.377. The third-order valence-electron chi connectivity index (χ3n) is 4.87. The molecule has 0 atom stereocenters. The van der Waals surface area contributed by atoms with E-state index in [4.69, 9.17) is 0 Å². The van der Waals surface area contributed by atoms with E-state index in [0.29, 0.717) is 0 Å². The molecule has 1 N–H and O–H groups in total. The van der Waals surface area contributed by atoms with Gasteiger partial charge in [0.15, 0.2) is 4.96 Å². The zero-order valence-electron chi connectivity index (χ0n) is 12.4. The summed E-state index contributed by atoms with van der Waals surface area (Å²) in [7, 11) is 0. The average molecular weight is 289 g/mol. The van der Waals surface area contributed by atoms with E-state index in [1.165, 1.54) is 48.5 Å². The Morgan fingerprint density at radius 1 is 1.30 bits per heavy atom. The molecule has 0 saturated heterocycles. The first-order chi connectivity index (χ1) is 9.72. The Kier molecular flexibility index (Phi) is 3.11. The molecular weight excluding hydrogens is 266 g/mol. The molecule has 2 aliphatic carbocycles. The summed E-state index contributed by atoms with van der Waals surface area (Å²) in [6.45, 7) is 6.44. The van der Waals surface area contributed by atoms with Crippen molar-refractivity contribution in [3.05, 3.63) is 22.5 Å². The number of thiazole rings is 1. The summed E-state index contributed by atoms with van der Waals surface area (Å²) in [6.07, 6.45) is 8.12. The van der Waals surface area contributed by atoms with Crippen LogP contribution in [0, 0.1) is 31.6 Å². The molecular formula is C16H23N3S. The van der Waals surface area contributed by atoms with Crippen LogP contribution in [0.25, 0.3) is 4.96 Å². The summed E-state index contributed by atoms with van der Waals surface area (Å²) >= 11 is 1.78. The Bertz CT molecular complexity index is 607. The topological polar surface area (TPSA) is 29.3 Å². The van der Waals surface area contributed by atoms with Crippen LogP contribution >= 0.6 is 11.3 Å². The molecule has 0 amide bonds. The quantitative estimate of drug-likeness (QED) is 0.881. The minimum Gasteiger partial charge on any atom is -0.311 e. The van der Waals surface area contributed by atoms with Gasteiger partial charge in [-0.3, -0.25) is 4.40 Å². The van der Waals surface area contributed by atoms with Crippen LogP contribution in [0.5, 0.6) is 0 Å². The summed E-state index contributed by atoms with van der Waals surface area (Å²) in [5, 5.41) is 3.72. The van der Waals surface area contributed by atoms with Gasteiger partial charge in [0.1, 0.15) is 0 Å². The molecule has 2 saturated carbocycles. The van der Waals surface area contributed by atoms with Gasteiger partial charge in [0.25, 0.3) is 0 Å². The molecule has 2 fully saturated rings. The van der Waals surface area contributed by atoms with E-state index < -0.39 is 0 Å². The van der Waals surface area contributed by atoms with E-state index in [-0.39, 0.29) is 0 Å². The number of imidazole rings is 1. The number of rotatable bonds is 6. The van der Waals surface area contributed by atoms with Crippen LogP contribution < -0.4 is 5.32 Å². The highest BCUT2D eigenvalue weighted by Crippen LogP contribution is 2.48. The lowest BCUT2D eigenvalue weighted by Crippen LogP contribution is -2.26. The Morgan fingerprint density at radius 2 is 2.00 bits per heavy atom. The summed E-state index contributed by atoms with van der Waals surface area (Å²) in [4.78, 5) is 7.14. The van der Waals surface area contributed by atoms with Crippen LogP contribution in [0.2, 0.25) is 0 Å². The van der Waals surface area contributed by atoms with Crippen LogP contribution in [-0.2, 0) is 6.54 Å². The normalized spacial score (nSPS) is 19.4. The zero-order valence-corrected chi connectivity index (χ0v) is 13.2. The van der Waals surface area contributed by atoms with Crippen molar-refractivity contribution in [2.24, 2.45) is 17.8 Å². The fourth-order valence-electron chi connectivity index (χ4n) is 3.45. The molecule has 0 bridgehead atoms. The van der Waals surface area contributed by atoms with Gasteiger partial charge in [0.2, 0.25) is 0 Å². The third-order valence-corrected chi connectivity index (χ3v) is 5.77. The first-order valence-electron chi connectivity index (χ1n) is 7.87.